The Kier molecular flexibility index (Phi) is 3.50. The van der Waals surface area contributed by atoms with E-state index >= 15 is 0 Å². The summed E-state index contributed by atoms with van der Waals surface area (Å²) in [5.41, 5.74) is 3.08. The molecule has 1 unspecified atom stereocenters. The Balaban J connectivity index is 1.68. The Morgan fingerprint density at radius 3 is 3.26 bits per heavy atom. The summed E-state index contributed by atoms with van der Waals surface area (Å²) in [7, 11) is 0. The standard InChI is InChI=1S/C17H20N6/c1-12-21-15-10-20-17-14(4-7-19-17)16(15)23(12)13-5-9-22(11-13)8-3-2-6-18/h4,7,10,13H,2-3,5,8-9,11H2,1H3,(H,19,20). The van der Waals surface area contributed by atoms with Crippen LogP contribution in [-0.2, 0) is 0 Å². The van der Waals surface area contributed by atoms with Gasteiger partial charge < -0.3 is 14.5 Å². The van der Waals surface area contributed by atoms with Gasteiger partial charge in [-0.15, -0.1) is 0 Å². The third kappa shape index (κ3) is 2.37. The van der Waals surface area contributed by atoms with Crippen molar-refractivity contribution in [3.63, 3.8) is 0 Å². The van der Waals surface area contributed by atoms with Gasteiger partial charge in [0.15, 0.2) is 0 Å². The van der Waals surface area contributed by atoms with Gasteiger partial charge >= 0.3 is 0 Å². The summed E-state index contributed by atoms with van der Waals surface area (Å²) in [6, 6.07) is 4.76. The van der Waals surface area contributed by atoms with E-state index < -0.39 is 0 Å². The first-order valence-corrected chi connectivity index (χ1v) is 8.18. The number of nitrogens with one attached hydrogen (secondary N) is 1. The number of rotatable bonds is 4. The fourth-order valence-corrected chi connectivity index (χ4v) is 3.76. The lowest BCUT2D eigenvalue weighted by atomic mass is 10.2. The number of unbranched alkanes of at least 4 members (excludes halogenated alkanes) is 1. The van der Waals surface area contributed by atoms with Gasteiger partial charge in [0.25, 0.3) is 0 Å². The second kappa shape index (κ2) is 5.67. The van der Waals surface area contributed by atoms with Crippen molar-refractivity contribution in [2.75, 3.05) is 19.6 Å². The monoisotopic (exact) mass is 308 g/mol. The van der Waals surface area contributed by atoms with Gasteiger partial charge in [-0.25, -0.2) is 9.97 Å². The lowest BCUT2D eigenvalue weighted by Gasteiger charge is -2.18. The highest BCUT2D eigenvalue weighted by Gasteiger charge is 2.27. The minimum absolute atomic E-state index is 0.447. The van der Waals surface area contributed by atoms with E-state index in [1.54, 1.807) is 0 Å². The molecular weight excluding hydrogens is 288 g/mol. The zero-order chi connectivity index (χ0) is 15.8. The molecule has 0 radical (unpaired) electrons. The smallest absolute Gasteiger partial charge is 0.139 e. The van der Waals surface area contributed by atoms with Crippen LogP contribution >= 0.6 is 0 Å². The molecule has 4 rings (SSSR count). The van der Waals surface area contributed by atoms with E-state index in [0.717, 1.165) is 54.9 Å². The number of pyridine rings is 1. The predicted molar refractivity (Wildman–Crippen MR) is 89.1 cm³/mol. The number of hydrogen-bond donors (Lipinski definition) is 1. The van der Waals surface area contributed by atoms with Crippen molar-refractivity contribution in [1.29, 1.82) is 5.26 Å². The fraction of sp³-hybridized carbons (Fsp3) is 0.471. The van der Waals surface area contributed by atoms with Crippen molar-refractivity contribution in [1.82, 2.24) is 24.4 Å². The van der Waals surface area contributed by atoms with Crippen molar-refractivity contribution in [3.05, 3.63) is 24.3 Å². The molecule has 6 heteroatoms. The molecule has 3 aromatic heterocycles. The average Bonchev–Trinajstić information content (AvgIpc) is 3.23. The van der Waals surface area contributed by atoms with Crippen LogP contribution in [0, 0.1) is 18.3 Å². The predicted octanol–water partition coefficient (Wildman–Crippen LogP) is 2.77. The SMILES string of the molecule is Cc1nc2cnc3[nH]ccc3c2n1C1CCN(CCCC#N)C1. The van der Waals surface area contributed by atoms with Crippen molar-refractivity contribution >= 4 is 22.1 Å². The number of nitriles is 1. The van der Waals surface area contributed by atoms with Gasteiger partial charge in [0.05, 0.1) is 17.8 Å². The third-order valence-corrected chi connectivity index (χ3v) is 4.79. The molecule has 1 aliphatic heterocycles. The van der Waals surface area contributed by atoms with Crippen LogP contribution in [0.4, 0.5) is 0 Å². The lowest BCUT2D eigenvalue weighted by Crippen LogP contribution is -2.23. The molecule has 0 aliphatic carbocycles. The van der Waals surface area contributed by atoms with Crippen molar-refractivity contribution in [2.24, 2.45) is 0 Å². The third-order valence-electron chi connectivity index (χ3n) is 4.79. The number of hydrogen-bond acceptors (Lipinski definition) is 4. The molecule has 1 fully saturated rings. The molecule has 0 aromatic carbocycles. The van der Waals surface area contributed by atoms with E-state index in [1.165, 1.54) is 5.52 Å². The minimum atomic E-state index is 0.447. The van der Waals surface area contributed by atoms with E-state index in [4.69, 9.17) is 10.2 Å². The number of nitrogens with zero attached hydrogens (tertiary/aromatic N) is 5. The van der Waals surface area contributed by atoms with Gasteiger partial charge in [-0.2, -0.15) is 5.26 Å². The normalized spacial score (nSPS) is 18.9. The molecule has 6 nitrogen and oxygen atoms in total. The lowest BCUT2D eigenvalue weighted by molar-refractivity contribution is 0.321. The van der Waals surface area contributed by atoms with E-state index in [2.05, 4.69) is 38.5 Å². The van der Waals surface area contributed by atoms with Crippen LogP contribution in [0.1, 0.15) is 31.1 Å². The molecule has 0 amide bonds. The molecule has 118 valence electrons. The van der Waals surface area contributed by atoms with E-state index in [-0.39, 0.29) is 0 Å². The number of aromatic amines is 1. The van der Waals surface area contributed by atoms with E-state index in [1.807, 2.05) is 12.4 Å². The Labute approximate surface area is 134 Å². The Hall–Kier alpha value is -2.39. The van der Waals surface area contributed by atoms with Gasteiger partial charge in [0.1, 0.15) is 17.0 Å². The molecule has 1 N–H and O–H groups in total. The second-order valence-corrected chi connectivity index (χ2v) is 6.27. The number of aromatic nitrogens is 4. The highest BCUT2D eigenvalue weighted by Crippen LogP contribution is 2.31. The van der Waals surface area contributed by atoms with Gasteiger partial charge in [0.2, 0.25) is 0 Å². The molecule has 4 heterocycles. The zero-order valence-electron chi connectivity index (χ0n) is 13.3. The van der Waals surface area contributed by atoms with Crippen LogP contribution in [0.3, 0.4) is 0 Å². The molecule has 1 saturated heterocycles. The maximum atomic E-state index is 8.69. The molecule has 1 atom stereocenters. The maximum Gasteiger partial charge on any atom is 0.139 e. The van der Waals surface area contributed by atoms with Gasteiger partial charge in [-0.05, 0) is 32.4 Å². The summed E-state index contributed by atoms with van der Waals surface area (Å²) in [6.07, 6.45) is 6.53. The van der Waals surface area contributed by atoms with Crippen LogP contribution in [0.25, 0.3) is 22.1 Å². The highest BCUT2D eigenvalue weighted by molar-refractivity contribution is 6.01. The van der Waals surface area contributed by atoms with E-state index in [9.17, 15) is 0 Å². The van der Waals surface area contributed by atoms with Crippen LogP contribution in [0.5, 0.6) is 0 Å². The average molecular weight is 308 g/mol. The molecule has 0 saturated carbocycles. The highest BCUT2D eigenvalue weighted by atomic mass is 15.2. The van der Waals surface area contributed by atoms with Crippen molar-refractivity contribution in [3.8, 4) is 6.07 Å². The Morgan fingerprint density at radius 2 is 2.39 bits per heavy atom. The molecule has 0 bridgehead atoms. The second-order valence-electron chi connectivity index (χ2n) is 6.27. The first-order valence-electron chi connectivity index (χ1n) is 8.18. The van der Waals surface area contributed by atoms with Crippen LogP contribution in [0.15, 0.2) is 18.5 Å². The fourth-order valence-electron chi connectivity index (χ4n) is 3.76. The first-order chi connectivity index (χ1) is 11.3. The topological polar surface area (TPSA) is 73.5 Å². The Morgan fingerprint density at radius 1 is 1.48 bits per heavy atom. The quantitative estimate of drug-likeness (QED) is 0.752. The molecule has 0 spiro atoms. The van der Waals surface area contributed by atoms with Crippen molar-refractivity contribution in [2.45, 2.75) is 32.2 Å². The zero-order valence-corrected chi connectivity index (χ0v) is 13.3. The summed E-state index contributed by atoms with van der Waals surface area (Å²) in [6.45, 7) is 5.22. The summed E-state index contributed by atoms with van der Waals surface area (Å²) in [5, 5.41) is 9.83. The molecule has 1 aliphatic rings. The molecular formula is C17H20N6. The minimum Gasteiger partial charge on any atom is -0.346 e. The molecule has 3 aromatic rings. The van der Waals surface area contributed by atoms with Gasteiger partial charge in [0, 0.05) is 37.1 Å². The Bertz CT molecular complexity index is 884. The summed E-state index contributed by atoms with van der Waals surface area (Å²) < 4.78 is 2.39. The number of aryl methyl sites for hydroxylation is 1. The van der Waals surface area contributed by atoms with Crippen LogP contribution in [0.2, 0.25) is 0 Å². The van der Waals surface area contributed by atoms with Crippen LogP contribution in [-0.4, -0.2) is 44.1 Å². The molecule has 23 heavy (non-hydrogen) atoms. The summed E-state index contributed by atoms with van der Waals surface area (Å²) >= 11 is 0. The number of H-pyrrole nitrogens is 1. The number of imidazole rings is 1. The van der Waals surface area contributed by atoms with E-state index in [0.29, 0.717) is 12.5 Å². The summed E-state index contributed by atoms with van der Waals surface area (Å²) in [4.78, 5) is 14.8. The largest absolute Gasteiger partial charge is 0.346 e. The van der Waals surface area contributed by atoms with Gasteiger partial charge in [-0.1, -0.05) is 0 Å². The number of likely N-dealkylation sites (tertiary alicyclic amines) is 1. The van der Waals surface area contributed by atoms with Crippen LogP contribution < -0.4 is 0 Å². The maximum absolute atomic E-state index is 8.69. The first kappa shape index (κ1) is 14.2. The number of fused-ring (bicyclic) bond motifs is 3. The summed E-state index contributed by atoms with van der Waals surface area (Å²) in [5.74, 6) is 1.05. The van der Waals surface area contributed by atoms with Gasteiger partial charge in [-0.3, -0.25) is 0 Å². The van der Waals surface area contributed by atoms with Crippen molar-refractivity contribution < 1.29 is 0 Å².